The van der Waals surface area contributed by atoms with Crippen LogP contribution in [0.2, 0.25) is 0 Å². The first-order valence-electron chi connectivity index (χ1n) is 7.24. The third-order valence-electron chi connectivity index (χ3n) is 3.39. The van der Waals surface area contributed by atoms with Gasteiger partial charge in [-0.2, -0.15) is 0 Å². The largest absolute Gasteiger partial charge is 0.481 e. The van der Waals surface area contributed by atoms with Crippen molar-refractivity contribution in [3.05, 3.63) is 70.3 Å². The van der Waals surface area contributed by atoms with Crippen LogP contribution in [-0.2, 0) is 4.79 Å². The van der Waals surface area contributed by atoms with E-state index in [9.17, 15) is 14.9 Å². The molecule has 0 saturated heterocycles. The van der Waals surface area contributed by atoms with Crippen LogP contribution in [0.4, 0.5) is 5.69 Å². The zero-order valence-corrected chi connectivity index (χ0v) is 12.9. The summed E-state index contributed by atoms with van der Waals surface area (Å²) in [6.07, 6.45) is -0.706. The van der Waals surface area contributed by atoms with Gasteiger partial charge < -0.3 is 10.1 Å². The molecule has 0 radical (unpaired) electrons. The average molecular weight is 314 g/mol. The Morgan fingerprint density at radius 3 is 2.26 bits per heavy atom. The highest BCUT2D eigenvalue weighted by molar-refractivity contribution is 5.81. The number of nitrogens with zero attached hydrogens (tertiary/aromatic N) is 1. The van der Waals surface area contributed by atoms with E-state index in [-0.39, 0.29) is 17.6 Å². The van der Waals surface area contributed by atoms with Gasteiger partial charge in [-0.25, -0.2) is 0 Å². The highest BCUT2D eigenvalue weighted by Gasteiger charge is 2.18. The fraction of sp³-hybridized carbons (Fsp3) is 0.235. The summed E-state index contributed by atoms with van der Waals surface area (Å²) in [5.74, 6) is 0.158. The SMILES string of the molecule is C[C@H](Oc1ccc([N+](=O)[O-])cc1)C(=O)N[C@H](C)c1ccccc1. The van der Waals surface area contributed by atoms with Crippen LogP contribution in [0.3, 0.4) is 0 Å². The molecule has 0 unspecified atom stereocenters. The van der Waals surface area contributed by atoms with Crippen molar-refractivity contribution in [2.24, 2.45) is 0 Å². The van der Waals surface area contributed by atoms with Crippen molar-refractivity contribution in [2.75, 3.05) is 0 Å². The number of carbonyl (C=O) groups excluding carboxylic acids is 1. The molecule has 0 aliphatic heterocycles. The molecule has 0 aromatic heterocycles. The predicted octanol–water partition coefficient (Wildman–Crippen LogP) is 3.24. The number of rotatable bonds is 6. The van der Waals surface area contributed by atoms with Gasteiger partial charge in [0, 0.05) is 12.1 Å². The molecule has 0 bridgehead atoms. The molecule has 23 heavy (non-hydrogen) atoms. The van der Waals surface area contributed by atoms with Gasteiger partial charge in [0.2, 0.25) is 0 Å². The fourth-order valence-electron chi connectivity index (χ4n) is 2.06. The lowest BCUT2D eigenvalue weighted by molar-refractivity contribution is -0.384. The monoisotopic (exact) mass is 314 g/mol. The van der Waals surface area contributed by atoms with E-state index in [2.05, 4.69) is 5.32 Å². The van der Waals surface area contributed by atoms with Crippen molar-refractivity contribution in [3.8, 4) is 5.75 Å². The molecule has 0 aliphatic carbocycles. The summed E-state index contributed by atoms with van der Waals surface area (Å²) < 4.78 is 5.51. The maximum atomic E-state index is 12.2. The number of nitro groups is 1. The summed E-state index contributed by atoms with van der Waals surface area (Å²) in [6, 6.07) is 15.1. The molecule has 2 atom stereocenters. The highest BCUT2D eigenvalue weighted by atomic mass is 16.6. The molecule has 2 aromatic carbocycles. The third kappa shape index (κ3) is 4.54. The maximum absolute atomic E-state index is 12.2. The minimum Gasteiger partial charge on any atom is -0.481 e. The van der Waals surface area contributed by atoms with Gasteiger partial charge in [0.1, 0.15) is 5.75 Å². The van der Waals surface area contributed by atoms with Gasteiger partial charge in [-0.15, -0.1) is 0 Å². The van der Waals surface area contributed by atoms with E-state index in [0.29, 0.717) is 5.75 Å². The van der Waals surface area contributed by atoms with Gasteiger partial charge in [0.15, 0.2) is 6.10 Å². The number of nitrogens with one attached hydrogen (secondary N) is 1. The Morgan fingerprint density at radius 2 is 1.70 bits per heavy atom. The Bertz CT molecular complexity index is 671. The lowest BCUT2D eigenvalue weighted by Gasteiger charge is -2.19. The number of nitro benzene ring substituents is 1. The zero-order valence-electron chi connectivity index (χ0n) is 12.9. The van der Waals surface area contributed by atoms with E-state index < -0.39 is 11.0 Å². The van der Waals surface area contributed by atoms with Crippen molar-refractivity contribution >= 4 is 11.6 Å². The third-order valence-corrected chi connectivity index (χ3v) is 3.39. The number of amides is 1. The molecule has 6 nitrogen and oxygen atoms in total. The zero-order chi connectivity index (χ0) is 16.8. The van der Waals surface area contributed by atoms with Crippen LogP contribution in [0.15, 0.2) is 54.6 Å². The summed E-state index contributed by atoms with van der Waals surface area (Å²) in [4.78, 5) is 22.3. The topological polar surface area (TPSA) is 81.5 Å². The Morgan fingerprint density at radius 1 is 1.09 bits per heavy atom. The number of benzene rings is 2. The van der Waals surface area contributed by atoms with Crippen molar-refractivity contribution in [2.45, 2.75) is 26.0 Å². The molecule has 120 valence electrons. The summed E-state index contributed by atoms with van der Waals surface area (Å²) in [7, 11) is 0. The molecule has 2 rings (SSSR count). The van der Waals surface area contributed by atoms with Gasteiger partial charge in [-0.1, -0.05) is 30.3 Å². The molecule has 6 heteroatoms. The molecular formula is C17H18N2O4. The molecule has 0 heterocycles. The van der Waals surface area contributed by atoms with Gasteiger partial charge in [0.05, 0.1) is 11.0 Å². The maximum Gasteiger partial charge on any atom is 0.269 e. The van der Waals surface area contributed by atoms with E-state index in [0.717, 1.165) is 5.56 Å². The van der Waals surface area contributed by atoms with E-state index in [1.807, 2.05) is 37.3 Å². The van der Waals surface area contributed by atoms with Crippen LogP contribution < -0.4 is 10.1 Å². The fourth-order valence-corrected chi connectivity index (χ4v) is 2.06. The lowest BCUT2D eigenvalue weighted by atomic mass is 10.1. The van der Waals surface area contributed by atoms with Gasteiger partial charge in [-0.05, 0) is 31.5 Å². The summed E-state index contributed by atoms with van der Waals surface area (Å²) in [6.45, 7) is 3.53. The molecule has 1 amide bonds. The minimum atomic E-state index is -0.706. The van der Waals surface area contributed by atoms with Crippen LogP contribution >= 0.6 is 0 Å². The highest BCUT2D eigenvalue weighted by Crippen LogP contribution is 2.19. The predicted molar refractivity (Wildman–Crippen MR) is 86.2 cm³/mol. The first kappa shape index (κ1) is 16.5. The van der Waals surface area contributed by atoms with Crippen molar-refractivity contribution < 1.29 is 14.5 Å². The molecule has 0 spiro atoms. The van der Waals surface area contributed by atoms with Crippen LogP contribution in [0.5, 0.6) is 5.75 Å². The molecule has 0 saturated carbocycles. The number of hydrogen-bond donors (Lipinski definition) is 1. The van der Waals surface area contributed by atoms with E-state index in [4.69, 9.17) is 4.74 Å². The van der Waals surface area contributed by atoms with Crippen LogP contribution in [-0.4, -0.2) is 16.9 Å². The molecule has 0 aliphatic rings. The Hall–Kier alpha value is -2.89. The van der Waals surface area contributed by atoms with Crippen molar-refractivity contribution in [1.29, 1.82) is 0 Å². The van der Waals surface area contributed by atoms with Crippen molar-refractivity contribution in [1.82, 2.24) is 5.32 Å². The normalized spacial score (nSPS) is 13.0. The van der Waals surface area contributed by atoms with E-state index in [1.165, 1.54) is 24.3 Å². The molecular weight excluding hydrogens is 296 g/mol. The second-order valence-electron chi connectivity index (χ2n) is 5.15. The number of carbonyl (C=O) groups is 1. The van der Waals surface area contributed by atoms with Gasteiger partial charge in [-0.3, -0.25) is 14.9 Å². The van der Waals surface area contributed by atoms with Gasteiger partial charge in [0.25, 0.3) is 11.6 Å². The van der Waals surface area contributed by atoms with Crippen LogP contribution in [0.1, 0.15) is 25.5 Å². The first-order valence-corrected chi connectivity index (χ1v) is 7.24. The molecule has 1 N–H and O–H groups in total. The quantitative estimate of drug-likeness (QED) is 0.655. The average Bonchev–Trinajstić information content (AvgIpc) is 2.56. The van der Waals surface area contributed by atoms with Crippen LogP contribution in [0.25, 0.3) is 0 Å². The van der Waals surface area contributed by atoms with Gasteiger partial charge >= 0.3 is 0 Å². The number of hydrogen-bond acceptors (Lipinski definition) is 4. The van der Waals surface area contributed by atoms with Crippen LogP contribution in [0, 0.1) is 10.1 Å². The summed E-state index contributed by atoms with van der Waals surface area (Å²) >= 11 is 0. The standard InChI is InChI=1S/C17H18N2O4/c1-12(14-6-4-3-5-7-14)18-17(20)13(2)23-16-10-8-15(9-11-16)19(21)22/h3-13H,1-2H3,(H,18,20)/t12-,13+/m1/s1. The smallest absolute Gasteiger partial charge is 0.269 e. The first-order chi connectivity index (χ1) is 11.0. The summed E-state index contributed by atoms with van der Waals surface area (Å²) in [5, 5.41) is 13.5. The number of ether oxygens (including phenoxy) is 1. The molecule has 2 aromatic rings. The Balaban J connectivity index is 1.93. The Kier molecular flexibility index (Phi) is 5.30. The lowest BCUT2D eigenvalue weighted by Crippen LogP contribution is -2.37. The Labute approximate surface area is 134 Å². The summed E-state index contributed by atoms with van der Waals surface area (Å²) in [5.41, 5.74) is 0.982. The van der Waals surface area contributed by atoms with E-state index >= 15 is 0 Å². The van der Waals surface area contributed by atoms with E-state index in [1.54, 1.807) is 6.92 Å². The molecule has 0 fully saturated rings. The number of non-ortho nitro benzene ring substituents is 1. The second kappa shape index (κ2) is 7.40. The minimum absolute atomic E-state index is 0.0212. The second-order valence-corrected chi connectivity index (χ2v) is 5.15. The van der Waals surface area contributed by atoms with Crippen molar-refractivity contribution in [3.63, 3.8) is 0 Å².